The summed E-state index contributed by atoms with van der Waals surface area (Å²) in [7, 11) is 0. The molecule has 27 heavy (non-hydrogen) atoms. The lowest BCUT2D eigenvalue weighted by Crippen LogP contribution is -2.47. The van der Waals surface area contributed by atoms with Gasteiger partial charge in [0.15, 0.2) is 6.61 Å². The van der Waals surface area contributed by atoms with Gasteiger partial charge in [0, 0.05) is 0 Å². The lowest BCUT2D eigenvalue weighted by Gasteiger charge is -2.25. The third-order valence-corrected chi connectivity index (χ3v) is 3.96. The van der Waals surface area contributed by atoms with E-state index in [4.69, 9.17) is 0 Å². The second-order valence-electron chi connectivity index (χ2n) is 5.74. The average Bonchev–Trinajstić information content (AvgIpc) is 2.82. The van der Waals surface area contributed by atoms with Crippen LogP contribution in [0.15, 0.2) is 48.5 Å². The van der Waals surface area contributed by atoms with Gasteiger partial charge in [0.25, 0.3) is 5.91 Å². The van der Waals surface area contributed by atoms with Gasteiger partial charge >= 0.3 is 12.5 Å². The second kappa shape index (κ2) is 6.15. The highest BCUT2D eigenvalue weighted by atomic mass is 19.4. The molecule has 1 aliphatic rings. The summed E-state index contributed by atoms with van der Waals surface area (Å²) in [6, 6.07) is 9.48. The predicted octanol–water partition coefficient (Wildman–Crippen LogP) is 3.73. The maximum absolute atomic E-state index is 13.4. The Morgan fingerprint density at radius 2 is 1.59 bits per heavy atom. The van der Waals surface area contributed by atoms with E-state index in [-0.39, 0.29) is 5.56 Å². The number of carbonyl (C=O) groups is 1. The Bertz CT molecular complexity index is 865. The molecule has 0 spiro atoms. The molecule has 144 valence electrons. The highest BCUT2D eigenvalue weighted by Crippen LogP contribution is 2.52. The van der Waals surface area contributed by atoms with Crippen LogP contribution in [0.3, 0.4) is 0 Å². The zero-order valence-corrected chi connectivity index (χ0v) is 13.3. The summed E-state index contributed by atoms with van der Waals surface area (Å²) in [4.78, 5) is 12.0. The second-order valence-corrected chi connectivity index (χ2v) is 5.74. The minimum atomic E-state index is -5.20. The fraction of sp³-hybridized carbons (Fsp3) is 0.235. The van der Waals surface area contributed by atoms with Crippen LogP contribution < -0.4 is 9.64 Å². The molecule has 10 heteroatoms. The number of ether oxygens (including phenoxy) is 1. The number of nitrogens with zero attached hydrogens (tertiary/aromatic N) is 1. The van der Waals surface area contributed by atoms with Gasteiger partial charge < -0.3 is 9.84 Å². The number of hydrogen-bond acceptors (Lipinski definition) is 3. The molecule has 1 N–H and O–H groups in total. The number of benzene rings is 2. The Morgan fingerprint density at radius 3 is 2.15 bits per heavy atom. The van der Waals surface area contributed by atoms with E-state index in [1.54, 1.807) is 0 Å². The number of alkyl halides is 6. The summed E-state index contributed by atoms with van der Waals surface area (Å²) >= 11 is 0. The summed E-state index contributed by atoms with van der Waals surface area (Å²) in [6.45, 7) is -1.80. The number of aliphatic hydroxyl groups is 1. The van der Waals surface area contributed by atoms with Crippen LogP contribution in [0.2, 0.25) is 0 Å². The van der Waals surface area contributed by atoms with Crippen molar-refractivity contribution in [2.75, 3.05) is 11.5 Å². The van der Waals surface area contributed by atoms with Gasteiger partial charge in [-0.25, -0.2) is 4.90 Å². The van der Waals surface area contributed by atoms with Gasteiger partial charge in [0.2, 0.25) is 5.60 Å². The van der Waals surface area contributed by atoms with Crippen LogP contribution in [0.4, 0.5) is 32.0 Å². The van der Waals surface area contributed by atoms with Crippen molar-refractivity contribution in [3.05, 3.63) is 59.7 Å². The zero-order valence-electron chi connectivity index (χ0n) is 13.3. The molecule has 1 amide bonds. The van der Waals surface area contributed by atoms with Crippen molar-refractivity contribution in [3.8, 4) is 5.75 Å². The fourth-order valence-corrected chi connectivity index (χ4v) is 2.93. The molecule has 3 rings (SSSR count). The van der Waals surface area contributed by atoms with E-state index in [9.17, 15) is 36.2 Å². The van der Waals surface area contributed by atoms with Crippen LogP contribution >= 0.6 is 0 Å². The Balaban J connectivity index is 2.23. The predicted molar refractivity (Wildman–Crippen MR) is 81.0 cm³/mol. The highest BCUT2D eigenvalue weighted by Gasteiger charge is 2.60. The number of amides is 1. The van der Waals surface area contributed by atoms with Crippen molar-refractivity contribution in [1.82, 2.24) is 0 Å². The van der Waals surface area contributed by atoms with E-state index >= 15 is 0 Å². The Hall–Kier alpha value is -2.75. The highest BCUT2D eigenvalue weighted by molar-refractivity contribution is 6.10. The van der Waals surface area contributed by atoms with Gasteiger partial charge in [-0.2, -0.15) is 13.2 Å². The van der Waals surface area contributed by atoms with Gasteiger partial charge in [0.1, 0.15) is 5.75 Å². The molecule has 1 unspecified atom stereocenters. The van der Waals surface area contributed by atoms with Crippen LogP contribution in [0.5, 0.6) is 5.75 Å². The molecule has 0 bridgehead atoms. The molecule has 2 aromatic carbocycles. The molecule has 1 heterocycles. The maximum Gasteiger partial charge on any atom is 0.491 e. The smallest absolute Gasteiger partial charge is 0.484 e. The van der Waals surface area contributed by atoms with E-state index in [0.29, 0.717) is 0 Å². The fourth-order valence-electron chi connectivity index (χ4n) is 2.93. The van der Waals surface area contributed by atoms with E-state index < -0.39 is 52.5 Å². The summed E-state index contributed by atoms with van der Waals surface area (Å²) < 4.78 is 82.4. The summed E-state index contributed by atoms with van der Waals surface area (Å²) in [5.74, 6) is -2.42. The molecule has 1 aliphatic heterocycles. The van der Waals surface area contributed by atoms with Gasteiger partial charge in [0.05, 0.1) is 11.3 Å². The lowest BCUT2D eigenvalue weighted by atomic mass is 9.87. The molecule has 0 saturated heterocycles. The van der Waals surface area contributed by atoms with E-state index in [2.05, 4.69) is 4.74 Å². The summed E-state index contributed by atoms with van der Waals surface area (Å²) in [6.07, 6.45) is -9.96. The molecule has 2 aromatic rings. The van der Waals surface area contributed by atoms with Gasteiger partial charge in [-0.1, -0.05) is 36.4 Å². The van der Waals surface area contributed by atoms with Gasteiger partial charge in [-0.3, -0.25) is 4.79 Å². The normalized spacial score (nSPS) is 20.0. The Morgan fingerprint density at radius 1 is 0.963 bits per heavy atom. The first-order chi connectivity index (χ1) is 12.5. The third kappa shape index (κ3) is 3.20. The zero-order chi connectivity index (χ0) is 20.0. The number of anilines is 1. The molecule has 1 atom stereocenters. The van der Waals surface area contributed by atoms with Gasteiger partial charge in [-0.05, 0) is 17.7 Å². The number of hydrogen-bond donors (Lipinski definition) is 1. The van der Waals surface area contributed by atoms with E-state index in [1.165, 1.54) is 30.3 Å². The molecule has 0 fully saturated rings. The van der Waals surface area contributed by atoms with Crippen LogP contribution in [-0.2, 0) is 10.4 Å². The van der Waals surface area contributed by atoms with Crippen molar-refractivity contribution < 1.29 is 41.0 Å². The molecule has 0 radical (unpaired) electrons. The first-order valence-electron chi connectivity index (χ1n) is 7.48. The van der Waals surface area contributed by atoms with Crippen LogP contribution in [0.25, 0.3) is 0 Å². The topological polar surface area (TPSA) is 49.8 Å². The van der Waals surface area contributed by atoms with Crippen molar-refractivity contribution in [3.63, 3.8) is 0 Å². The van der Waals surface area contributed by atoms with Crippen molar-refractivity contribution in [2.24, 2.45) is 0 Å². The first-order valence-corrected chi connectivity index (χ1v) is 7.48. The lowest BCUT2D eigenvalue weighted by molar-refractivity contribution is -0.158. The molecule has 0 aliphatic carbocycles. The first kappa shape index (κ1) is 19.0. The minimum absolute atomic E-state index is 0.231. The monoisotopic (exact) mass is 391 g/mol. The SMILES string of the molecule is O=C1N(C(F)(F)F)c2cccc(OCC(F)(F)F)c2C1(O)c1ccccc1. The Labute approximate surface area is 148 Å². The molecule has 0 saturated carbocycles. The van der Waals surface area contributed by atoms with Crippen LogP contribution in [-0.4, -0.2) is 30.1 Å². The average molecular weight is 391 g/mol. The summed E-state index contributed by atoms with van der Waals surface area (Å²) in [5, 5.41) is 11.0. The molecular weight excluding hydrogens is 380 g/mol. The maximum atomic E-state index is 13.4. The quantitative estimate of drug-likeness (QED) is 0.641. The summed E-state index contributed by atoms with van der Waals surface area (Å²) in [5.41, 5.74) is -4.57. The molecular formula is C17H11F6NO3. The standard InChI is InChI=1S/C17H11F6NO3/c18-15(19,20)9-27-12-8-4-7-11-13(12)16(26,10-5-2-1-3-6-10)14(25)24(11)17(21,22)23/h1-8,26H,9H2. The third-order valence-electron chi connectivity index (χ3n) is 3.96. The van der Waals surface area contributed by atoms with Gasteiger partial charge in [-0.15, -0.1) is 13.2 Å². The largest absolute Gasteiger partial charge is 0.491 e. The molecule has 0 aromatic heterocycles. The number of fused-ring (bicyclic) bond motifs is 1. The van der Waals surface area contributed by atoms with Crippen LogP contribution in [0.1, 0.15) is 11.1 Å². The number of halogens is 6. The van der Waals surface area contributed by atoms with E-state index in [1.807, 2.05) is 0 Å². The minimum Gasteiger partial charge on any atom is -0.484 e. The molecule has 4 nitrogen and oxygen atoms in total. The van der Waals surface area contributed by atoms with Crippen molar-refractivity contribution >= 4 is 11.6 Å². The Kier molecular flexibility index (Phi) is 4.34. The van der Waals surface area contributed by atoms with Crippen molar-refractivity contribution in [2.45, 2.75) is 18.1 Å². The van der Waals surface area contributed by atoms with Crippen molar-refractivity contribution in [1.29, 1.82) is 0 Å². The number of rotatable bonds is 3. The van der Waals surface area contributed by atoms with E-state index in [0.717, 1.165) is 18.2 Å². The van der Waals surface area contributed by atoms with Crippen LogP contribution in [0, 0.1) is 0 Å². The number of carbonyl (C=O) groups excluding carboxylic acids is 1.